The van der Waals surface area contributed by atoms with Gasteiger partial charge in [-0.05, 0) is 52.9 Å². The van der Waals surface area contributed by atoms with Gasteiger partial charge in [-0.25, -0.2) is 0 Å². The molecule has 1 aromatic heterocycles. The molecule has 12 heteroatoms. The second kappa shape index (κ2) is 9.05. The van der Waals surface area contributed by atoms with Gasteiger partial charge in [0.15, 0.2) is 0 Å². The molecule has 0 radical (unpaired) electrons. The minimum atomic E-state index is -0.748. The van der Waals surface area contributed by atoms with Gasteiger partial charge in [0.2, 0.25) is 22.9 Å². The van der Waals surface area contributed by atoms with Gasteiger partial charge in [-0.1, -0.05) is 11.8 Å². The van der Waals surface area contributed by atoms with Crippen LogP contribution in [0.1, 0.15) is 20.7 Å². The molecule has 3 aromatic rings. The number of carbonyl (C=O) groups is 3. The molecule has 0 atom stereocenters. The summed E-state index contributed by atoms with van der Waals surface area (Å²) in [5, 5.41) is 14.5. The van der Waals surface area contributed by atoms with Crippen LogP contribution < -0.4 is 21.5 Å². The van der Waals surface area contributed by atoms with E-state index in [0.29, 0.717) is 16.6 Å². The number of nitrogens with two attached hydrogens (primary N) is 2. The second-order valence-electron chi connectivity index (χ2n) is 5.94. The number of hydrogen-bond acceptors (Lipinski definition) is 8. The maximum Gasteiger partial charge on any atom is 0.248 e. The average Bonchev–Trinajstić information content (AvgIpc) is 3.20. The molecule has 0 unspecified atom stereocenters. The van der Waals surface area contributed by atoms with Gasteiger partial charge in [0.1, 0.15) is 5.75 Å². The summed E-state index contributed by atoms with van der Waals surface area (Å²) in [4.78, 5) is 35.2. The van der Waals surface area contributed by atoms with Crippen molar-refractivity contribution >= 4 is 35.2 Å². The molecule has 0 bridgehead atoms. The van der Waals surface area contributed by atoms with E-state index in [9.17, 15) is 14.4 Å². The molecule has 30 heavy (non-hydrogen) atoms. The number of nitrogens with zero attached hydrogens (tertiary/aromatic N) is 4. The molecule has 11 nitrogen and oxygen atoms in total. The first-order valence-corrected chi connectivity index (χ1v) is 9.46. The van der Waals surface area contributed by atoms with E-state index >= 15 is 0 Å². The van der Waals surface area contributed by atoms with E-state index in [1.54, 1.807) is 31.4 Å². The highest BCUT2D eigenvalue weighted by molar-refractivity contribution is 7.99. The second-order valence-corrected chi connectivity index (χ2v) is 6.88. The lowest BCUT2D eigenvalue weighted by Gasteiger charge is -2.09. The van der Waals surface area contributed by atoms with Crippen LogP contribution in [0.2, 0.25) is 0 Å². The summed E-state index contributed by atoms with van der Waals surface area (Å²) in [5.74, 6) is -1.23. The lowest BCUT2D eigenvalue weighted by atomic mass is 10.1. The summed E-state index contributed by atoms with van der Waals surface area (Å²) in [7, 11) is 1.57. The van der Waals surface area contributed by atoms with Gasteiger partial charge in [0, 0.05) is 16.8 Å². The van der Waals surface area contributed by atoms with Crippen LogP contribution in [0, 0.1) is 0 Å². The normalized spacial score (nSPS) is 10.4. The Hall–Kier alpha value is -3.93. The molecule has 0 aliphatic carbocycles. The maximum atomic E-state index is 12.3. The van der Waals surface area contributed by atoms with E-state index in [1.807, 2.05) is 0 Å². The van der Waals surface area contributed by atoms with Crippen LogP contribution in [0.15, 0.2) is 47.6 Å². The molecule has 5 N–H and O–H groups in total. The topological polar surface area (TPSA) is 168 Å². The van der Waals surface area contributed by atoms with Crippen LogP contribution in [0.5, 0.6) is 5.75 Å². The standard InChI is InChI=1S/C18H17N7O4S/c1-29-14-4-2-13(3-5-14)25-18(22-23-24-25)30-9-15(26)21-12-7-10(16(19)27)6-11(8-12)17(20)28/h2-8H,9H2,1H3,(H2,19,27)(H2,20,28)(H,21,26). The molecule has 154 valence electrons. The van der Waals surface area contributed by atoms with Crippen LogP contribution in [0.4, 0.5) is 5.69 Å². The zero-order valence-electron chi connectivity index (χ0n) is 15.7. The van der Waals surface area contributed by atoms with Gasteiger partial charge in [0.05, 0.1) is 18.6 Å². The van der Waals surface area contributed by atoms with E-state index in [0.717, 1.165) is 11.8 Å². The number of aromatic nitrogens is 4. The average molecular weight is 427 g/mol. The Bertz CT molecular complexity index is 1070. The number of rotatable bonds is 8. The number of tetrazole rings is 1. The quantitative estimate of drug-likeness (QED) is 0.439. The van der Waals surface area contributed by atoms with Gasteiger partial charge in [-0.15, -0.1) is 5.10 Å². The highest BCUT2D eigenvalue weighted by atomic mass is 32.2. The molecule has 3 rings (SSSR count). The van der Waals surface area contributed by atoms with E-state index in [-0.39, 0.29) is 22.6 Å². The summed E-state index contributed by atoms with van der Waals surface area (Å²) in [6.07, 6.45) is 0. The lowest BCUT2D eigenvalue weighted by Crippen LogP contribution is -2.19. The molecular formula is C18H17N7O4S. The molecular weight excluding hydrogens is 410 g/mol. The highest BCUT2D eigenvalue weighted by Crippen LogP contribution is 2.21. The fraction of sp³-hybridized carbons (Fsp3) is 0.111. The van der Waals surface area contributed by atoms with Crippen molar-refractivity contribution in [1.29, 1.82) is 0 Å². The fourth-order valence-corrected chi connectivity index (χ4v) is 3.16. The van der Waals surface area contributed by atoms with Gasteiger partial charge in [-0.3, -0.25) is 14.4 Å². The number of nitrogens with one attached hydrogen (secondary N) is 1. The number of benzene rings is 2. The number of primary amides is 2. The maximum absolute atomic E-state index is 12.3. The molecule has 2 aromatic carbocycles. The molecule has 0 saturated carbocycles. The minimum Gasteiger partial charge on any atom is -0.497 e. The molecule has 0 fully saturated rings. The first-order valence-electron chi connectivity index (χ1n) is 8.47. The van der Waals surface area contributed by atoms with E-state index in [1.165, 1.54) is 22.9 Å². The van der Waals surface area contributed by atoms with Gasteiger partial charge < -0.3 is 21.5 Å². The lowest BCUT2D eigenvalue weighted by molar-refractivity contribution is -0.113. The third-order valence-electron chi connectivity index (χ3n) is 3.88. The van der Waals surface area contributed by atoms with Gasteiger partial charge in [-0.2, -0.15) is 4.68 Å². The van der Waals surface area contributed by atoms with Crippen LogP contribution in [0.25, 0.3) is 5.69 Å². The predicted molar refractivity (Wildman–Crippen MR) is 109 cm³/mol. The summed E-state index contributed by atoms with van der Waals surface area (Å²) in [6.45, 7) is 0. The van der Waals surface area contributed by atoms with Gasteiger partial charge >= 0.3 is 0 Å². The van der Waals surface area contributed by atoms with Crippen LogP contribution in [-0.2, 0) is 4.79 Å². The van der Waals surface area contributed by atoms with Crippen molar-refractivity contribution in [2.45, 2.75) is 5.16 Å². The first kappa shape index (κ1) is 20.8. The zero-order chi connectivity index (χ0) is 21.7. The molecule has 1 heterocycles. The van der Waals surface area contributed by atoms with Crippen LogP contribution >= 0.6 is 11.8 Å². The first-order chi connectivity index (χ1) is 14.4. The summed E-state index contributed by atoms with van der Waals surface area (Å²) in [6, 6.07) is 11.1. The predicted octanol–water partition coefficient (Wildman–Crippen LogP) is 0.599. The number of anilines is 1. The van der Waals surface area contributed by atoms with Gasteiger partial charge in [0.25, 0.3) is 0 Å². The van der Waals surface area contributed by atoms with Crippen molar-refractivity contribution in [2.75, 3.05) is 18.2 Å². The summed E-state index contributed by atoms with van der Waals surface area (Å²) < 4.78 is 6.60. The van der Waals surface area contributed by atoms with Crippen LogP contribution in [0.3, 0.4) is 0 Å². The minimum absolute atomic E-state index is 0.0246. The Morgan fingerprint density at radius 1 is 1.07 bits per heavy atom. The Balaban J connectivity index is 1.69. The number of methoxy groups -OCH3 is 1. The monoisotopic (exact) mass is 427 g/mol. The van der Waals surface area contributed by atoms with Crippen molar-refractivity contribution < 1.29 is 19.1 Å². The largest absolute Gasteiger partial charge is 0.497 e. The van der Waals surface area contributed by atoms with E-state index < -0.39 is 17.7 Å². The SMILES string of the molecule is COc1ccc(-n2nnnc2SCC(=O)Nc2cc(C(N)=O)cc(C(N)=O)c2)cc1. The third-order valence-corrected chi connectivity index (χ3v) is 4.80. The Kier molecular flexibility index (Phi) is 6.27. The van der Waals surface area contributed by atoms with E-state index in [4.69, 9.17) is 16.2 Å². The number of ether oxygens (including phenoxy) is 1. The summed E-state index contributed by atoms with van der Waals surface area (Å²) in [5.41, 5.74) is 11.5. The molecule has 3 amide bonds. The van der Waals surface area contributed by atoms with E-state index in [2.05, 4.69) is 20.8 Å². The van der Waals surface area contributed by atoms with Crippen molar-refractivity contribution in [2.24, 2.45) is 11.5 Å². The molecule has 0 aliphatic heterocycles. The highest BCUT2D eigenvalue weighted by Gasteiger charge is 2.14. The Morgan fingerprint density at radius 3 is 2.27 bits per heavy atom. The number of hydrogen-bond donors (Lipinski definition) is 3. The molecule has 0 saturated heterocycles. The van der Waals surface area contributed by atoms with Crippen LogP contribution in [-0.4, -0.2) is 50.8 Å². The smallest absolute Gasteiger partial charge is 0.248 e. The summed E-state index contributed by atoms with van der Waals surface area (Å²) >= 11 is 1.11. The van der Waals surface area contributed by atoms with Crippen molar-refractivity contribution in [3.63, 3.8) is 0 Å². The fourth-order valence-electron chi connectivity index (χ4n) is 2.47. The Labute approximate surface area is 174 Å². The Morgan fingerprint density at radius 2 is 1.70 bits per heavy atom. The van der Waals surface area contributed by atoms with Crippen molar-refractivity contribution in [1.82, 2.24) is 20.2 Å². The van der Waals surface area contributed by atoms with Crippen molar-refractivity contribution in [3.8, 4) is 11.4 Å². The molecule has 0 spiro atoms. The third kappa shape index (κ3) is 4.91. The number of thioether (sulfide) groups is 1. The number of amides is 3. The molecule has 0 aliphatic rings. The zero-order valence-corrected chi connectivity index (χ0v) is 16.5. The number of carbonyl (C=O) groups excluding carboxylic acids is 3. The van der Waals surface area contributed by atoms with Crippen molar-refractivity contribution in [3.05, 3.63) is 53.6 Å².